The van der Waals surface area contributed by atoms with Crippen LogP contribution >= 0.6 is 0 Å². The first kappa shape index (κ1) is 14.1. The summed E-state index contributed by atoms with van der Waals surface area (Å²) in [7, 11) is 0. The van der Waals surface area contributed by atoms with Gasteiger partial charge in [-0.25, -0.2) is 0 Å². The summed E-state index contributed by atoms with van der Waals surface area (Å²) in [6, 6.07) is 4.45. The molecule has 1 aromatic carbocycles. The van der Waals surface area contributed by atoms with E-state index in [0.29, 0.717) is 0 Å². The fourth-order valence-corrected chi connectivity index (χ4v) is 1.34. The van der Waals surface area contributed by atoms with Crippen LogP contribution in [0.15, 0.2) is 18.2 Å². The quantitative estimate of drug-likeness (QED) is 0.815. The van der Waals surface area contributed by atoms with Crippen LogP contribution in [-0.4, -0.2) is 25.2 Å². The number of amides is 1. The molecule has 18 heavy (non-hydrogen) atoms. The molecule has 1 aromatic rings. The van der Waals surface area contributed by atoms with Gasteiger partial charge in [0.25, 0.3) is 5.91 Å². The Bertz CT molecular complexity index is 433. The van der Waals surface area contributed by atoms with Crippen LogP contribution in [0.3, 0.4) is 0 Å². The Morgan fingerprint density at radius 2 is 2.11 bits per heavy atom. The van der Waals surface area contributed by atoms with Crippen LogP contribution in [0.4, 0.5) is 18.9 Å². The largest absolute Gasteiger partial charge is 0.493 e. The zero-order valence-electron chi connectivity index (χ0n) is 9.67. The van der Waals surface area contributed by atoms with Crippen molar-refractivity contribution in [1.29, 1.82) is 0 Å². The summed E-state index contributed by atoms with van der Waals surface area (Å²) in [6.45, 7) is 0.565. The number of ether oxygens (including phenoxy) is 1. The lowest BCUT2D eigenvalue weighted by Crippen LogP contribution is -2.34. The number of anilines is 1. The lowest BCUT2D eigenvalue weighted by Gasteiger charge is -2.13. The van der Waals surface area contributed by atoms with Crippen molar-refractivity contribution in [3.63, 3.8) is 0 Å². The monoisotopic (exact) mass is 262 g/mol. The number of alkyl halides is 3. The van der Waals surface area contributed by atoms with E-state index >= 15 is 0 Å². The minimum Gasteiger partial charge on any atom is -0.493 e. The maximum absolute atomic E-state index is 12.0. The first-order valence-electron chi connectivity index (χ1n) is 5.21. The van der Waals surface area contributed by atoms with Crippen LogP contribution in [0.5, 0.6) is 5.75 Å². The van der Waals surface area contributed by atoms with Crippen molar-refractivity contribution in [3.8, 4) is 5.75 Å². The van der Waals surface area contributed by atoms with Crippen LogP contribution < -0.4 is 15.8 Å². The summed E-state index contributed by atoms with van der Waals surface area (Å²) in [5, 5.41) is 1.75. The van der Waals surface area contributed by atoms with Crippen molar-refractivity contribution in [2.45, 2.75) is 13.1 Å². The number of carbonyl (C=O) groups excluding carboxylic acids is 1. The molecule has 0 unspecified atom stereocenters. The molecule has 1 rings (SSSR count). The van der Waals surface area contributed by atoms with Gasteiger partial charge in [0.1, 0.15) is 17.9 Å². The Labute approximate surface area is 102 Å². The number of hydrogen-bond acceptors (Lipinski definition) is 3. The second kappa shape index (κ2) is 5.61. The Hall–Kier alpha value is -1.92. The molecule has 0 spiro atoms. The number of nitrogens with two attached hydrogens (primary N) is 1. The van der Waals surface area contributed by atoms with Crippen LogP contribution in [-0.2, 0) is 0 Å². The van der Waals surface area contributed by atoms with E-state index in [4.69, 9.17) is 10.5 Å². The van der Waals surface area contributed by atoms with Gasteiger partial charge in [-0.15, -0.1) is 0 Å². The number of carbonyl (C=O) groups is 1. The Morgan fingerprint density at radius 3 is 2.67 bits per heavy atom. The maximum atomic E-state index is 12.0. The summed E-state index contributed by atoms with van der Waals surface area (Å²) < 4.78 is 41.2. The van der Waals surface area contributed by atoms with Crippen LogP contribution in [0.2, 0.25) is 0 Å². The van der Waals surface area contributed by atoms with Gasteiger partial charge in [-0.3, -0.25) is 4.79 Å². The third-order valence-electron chi connectivity index (χ3n) is 2.03. The van der Waals surface area contributed by atoms with Gasteiger partial charge in [-0.05, 0) is 19.1 Å². The molecule has 100 valence electrons. The van der Waals surface area contributed by atoms with Crippen molar-refractivity contribution < 1.29 is 22.7 Å². The molecule has 0 bridgehead atoms. The zero-order chi connectivity index (χ0) is 13.8. The van der Waals surface area contributed by atoms with Gasteiger partial charge in [-0.1, -0.05) is 6.07 Å². The summed E-state index contributed by atoms with van der Waals surface area (Å²) in [4.78, 5) is 11.6. The SMILES string of the molecule is CCOc1cccc(N)c1C(=O)NCC(F)(F)F. The second-order valence-corrected chi connectivity index (χ2v) is 3.45. The highest BCUT2D eigenvalue weighted by Crippen LogP contribution is 2.24. The number of rotatable bonds is 4. The highest BCUT2D eigenvalue weighted by Gasteiger charge is 2.29. The van der Waals surface area contributed by atoms with Crippen LogP contribution in [0.25, 0.3) is 0 Å². The third-order valence-corrected chi connectivity index (χ3v) is 2.03. The van der Waals surface area contributed by atoms with Crippen molar-refractivity contribution in [3.05, 3.63) is 23.8 Å². The van der Waals surface area contributed by atoms with E-state index in [1.807, 2.05) is 0 Å². The minimum absolute atomic E-state index is 0.0700. The van der Waals surface area contributed by atoms with Gasteiger partial charge in [0, 0.05) is 5.69 Å². The second-order valence-electron chi connectivity index (χ2n) is 3.45. The molecule has 0 aliphatic carbocycles. The predicted octanol–water partition coefficient (Wildman–Crippen LogP) is 1.96. The van der Waals surface area contributed by atoms with Gasteiger partial charge in [0.15, 0.2) is 0 Å². The normalized spacial score (nSPS) is 11.1. The molecule has 0 aliphatic rings. The molecule has 1 amide bonds. The standard InChI is InChI=1S/C11H13F3N2O2/c1-2-18-8-5-3-4-7(15)9(8)10(17)16-6-11(12,13)14/h3-5H,2,6,15H2,1H3,(H,16,17). The first-order valence-corrected chi connectivity index (χ1v) is 5.21. The van der Waals surface area contributed by atoms with E-state index in [-0.39, 0.29) is 23.6 Å². The van der Waals surface area contributed by atoms with Crippen LogP contribution in [0, 0.1) is 0 Å². The summed E-state index contributed by atoms with van der Waals surface area (Å²) in [6.07, 6.45) is -4.47. The maximum Gasteiger partial charge on any atom is 0.405 e. The summed E-state index contributed by atoms with van der Waals surface area (Å²) in [5.41, 5.74) is 5.56. The Kier molecular flexibility index (Phi) is 4.41. The van der Waals surface area contributed by atoms with Gasteiger partial charge in [-0.2, -0.15) is 13.2 Å². The average Bonchev–Trinajstić information content (AvgIpc) is 2.26. The van der Waals surface area contributed by atoms with Gasteiger partial charge in [0.2, 0.25) is 0 Å². The number of hydrogen-bond donors (Lipinski definition) is 2. The number of nitrogen functional groups attached to an aromatic ring is 1. The molecule has 0 atom stereocenters. The molecule has 0 radical (unpaired) electrons. The van der Waals surface area contributed by atoms with Gasteiger partial charge in [0.05, 0.1) is 6.61 Å². The number of halogens is 3. The molecule has 4 nitrogen and oxygen atoms in total. The highest BCUT2D eigenvalue weighted by atomic mass is 19.4. The van der Waals surface area contributed by atoms with E-state index in [9.17, 15) is 18.0 Å². The molecule has 0 aromatic heterocycles. The van der Waals surface area contributed by atoms with Crippen molar-refractivity contribution in [1.82, 2.24) is 5.32 Å². The Morgan fingerprint density at radius 1 is 1.44 bits per heavy atom. The molecule has 0 aliphatic heterocycles. The minimum atomic E-state index is -4.47. The summed E-state index contributed by atoms with van der Waals surface area (Å²) >= 11 is 0. The van der Waals surface area contributed by atoms with E-state index in [1.165, 1.54) is 12.1 Å². The van der Waals surface area contributed by atoms with Gasteiger partial charge >= 0.3 is 6.18 Å². The number of nitrogens with one attached hydrogen (secondary N) is 1. The fourth-order valence-electron chi connectivity index (χ4n) is 1.34. The van der Waals surface area contributed by atoms with E-state index in [2.05, 4.69) is 0 Å². The molecule has 7 heteroatoms. The lowest BCUT2D eigenvalue weighted by atomic mass is 10.1. The van der Waals surface area contributed by atoms with Gasteiger partial charge < -0.3 is 15.8 Å². The van der Waals surface area contributed by atoms with Crippen molar-refractivity contribution in [2.24, 2.45) is 0 Å². The molecule has 0 heterocycles. The Balaban J connectivity index is 2.90. The van der Waals surface area contributed by atoms with Crippen molar-refractivity contribution >= 4 is 11.6 Å². The van der Waals surface area contributed by atoms with Crippen molar-refractivity contribution in [2.75, 3.05) is 18.9 Å². The highest BCUT2D eigenvalue weighted by molar-refractivity contribution is 6.01. The lowest BCUT2D eigenvalue weighted by molar-refractivity contribution is -0.123. The topological polar surface area (TPSA) is 64.3 Å². The average molecular weight is 262 g/mol. The zero-order valence-corrected chi connectivity index (χ0v) is 9.67. The smallest absolute Gasteiger partial charge is 0.405 e. The molecular formula is C11H13F3N2O2. The predicted molar refractivity (Wildman–Crippen MR) is 60.4 cm³/mol. The molecular weight excluding hydrogens is 249 g/mol. The first-order chi connectivity index (χ1) is 8.35. The van der Waals surface area contributed by atoms with E-state index in [0.717, 1.165) is 0 Å². The van der Waals surface area contributed by atoms with Crippen LogP contribution in [0.1, 0.15) is 17.3 Å². The fraction of sp³-hybridized carbons (Fsp3) is 0.364. The molecule has 3 N–H and O–H groups in total. The van der Waals surface area contributed by atoms with E-state index in [1.54, 1.807) is 18.3 Å². The molecule has 0 fully saturated rings. The molecule has 0 saturated carbocycles. The number of benzene rings is 1. The summed E-state index contributed by atoms with van der Waals surface area (Å²) in [5.74, 6) is -0.744. The third kappa shape index (κ3) is 3.83. The van der Waals surface area contributed by atoms with E-state index < -0.39 is 18.6 Å². The molecule has 0 saturated heterocycles.